The summed E-state index contributed by atoms with van der Waals surface area (Å²) in [5.74, 6) is -2.41. The van der Waals surface area contributed by atoms with Crippen molar-refractivity contribution in [3.05, 3.63) is 35.9 Å². The Morgan fingerprint density at radius 3 is 2.59 bits per heavy atom. The number of rotatable bonds is 5. The molecular weight excluding hydrogens is 284 g/mol. The lowest BCUT2D eigenvalue weighted by atomic mass is 10.2. The number of carbonyl (C=O) groups excluding carboxylic acids is 2. The summed E-state index contributed by atoms with van der Waals surface area (Å²) in [5, 5.41) is 11.5. The molecule has 1 aromatic carbocycles. The number of carboxylic acid groups (broad SMARTS) is 1. The van der Waals surface area contributed by atoms with Crippen molar-refractivity contribution in [2.75, 3.05) is 6.54 Å². The zero-order valence-electron chi connectivity index (χ0n) is 12.1. The van der Waals surface area contributed by atoms with Gasteiger partial charge in [-0.15, -0.1) is 0 Å². The fourth-order valence-electron chi connectivity index (χ4n) is 2.87. The Morgan fingerprint density at radius 2 is 1.95 bits per heavy atom. The summed E-state index contributed by atoms with van der Waals surface area (Å²) in [4.78, 5) is 36.7. The number of aliphatic carboxylic acids is 1. The van der Waals surface area contributed by atoms with Gasteiger partial charge in [0.15, 0.2) is 0 Å². The van der Waals surface area contributed by atoms with Crippen LogP contribution in [-0.2, 0) is 20.9 Å². The molecule has 1 aliphatic heterocycles. The SMILES string of the molecule is O=C(O)C1CC1C(=O)NC1CCN(Cc2ccccc2)C1=O. The van der Waals surface area contributed by atoms with Crippen LogP contribution in [0.1, 0.15) is 18.4 Å². The summed E-state index contributed by atoms with van der Waals surface area (Å²) in [6.07, 6.45) is 0.942. The number of carbonyl (C=O) groups is 3. The number of hydrogen-bond acceptors (Lipinski definition) is 3. The van der Waals surface area contributed by atoms with Crippen molar-refractivity contribution in [2.45, 2.75) is 25.4 Å². The molecule has 1 aliphatic carbocycles. The minimum atomic E-state index is -0.941. The minimum Gasteiger partial charge on any atom is -0.481 e. The van der Waals surface area contributed by atoms with E-state index in [1.807, 2.05) is 30.3 Å². The normalized spacial score (nSPS) is 26.8. The standard InChI is InChI=1S/C16H18N2O4/c19-14(11-8-12(11)16(21)22)17-13-6-7-18(15(13)20)9-10-4-2-1-3-5-10/h1-5,11-13H,6-9H2,(H,17,19)(H,21,22). The topological polar surface area (TPSA) is 86.7 Å². The Hall–Kier alpha value is -2.37. The first-order chi connectivity index (χ1) is 10.6. The lowest BCUT2D eigenvalue weighted by Crippen LogP contribution is -2.42. The van der Waals surface area contributed by atoms with Crippen LogP contribution in [0, 0.1) is 11.8 Å². The summed E-state index contributed by atoms with van der Waals surface area (Å²) < 4.78 is 0. The van der Waals surface area contributed by atoms with Crippen molar-refractivity contribution < 1.29 is 19.5 Å². The maximum absolute atomic E-state index is 12.3. The van der Waals surface area contributed by atoms with Gasteiger partial charge >= 0.3 is 5.97 Å². The lowest BCUT2D eigenvalue weighted by molar-refractivity contribution is -0.140. The third kappa shape index (κ3) is 2.95. The molecule has 0 radical (unpaired) electrons. The molecule has 3 rings (SSSR count). The Morgan fingerprint density at radius 1 is 1.23 bits per heavy atom. The zero-order chi connectivity index (χ0) is 15.7. The summed E-state index contributed by atoms with van der Waals surface area (Å²) in [7, 11) is 0. The number of benzene rings is 1. The second-order valence-electron chi connectivity index (χ2n) is 5.88. The van der Waals surface area contributed by atoms with Gasteiger partial charge in [0.2, 0.25) is 11.8 Å². The Labute approximate surface area is 128 Å². The number of carboxylic acids is 1. The molecule has 2 N–H and O–H groups in total. The summed E-state index contributed by atoms with van der Waals surface area (Å²) in [6, 6.07) is 9.17. The van der Waals surface area contributed by atoms with Gasteiger partial charge in [-0.05, 0) is 18.4 Å². The highest BCUT2D eigenvalue weighted by Gasteiger charge is 2.49. The van der Waals surface area contributed by atoms with E-state index in [4.69, 9.17) is 5.11 Å². The largest absolute Gasteiger partial charge is 0.481 e. The highest BCUT2D eigenvalue weighted by Crippen LogP contribution is 2.38. The molecule has 2 amide bonds. The van der Waals surface area contributed by atoms with Gasteiger partial charge in [0.25, 0.3) is 0 Å². The molecule has 1 heterocycles. The molecule has 2 aliphatic rings. The predicted molar refractivity (Wildman–Crippen MR) is 77.6 cm³/mol. The number of nitrogens with one attached hydrogen (secondary N) is 1. The molecule has 1 saturated carbocycles. The lowest BCUT2D eigenvalue weighted by Gasteiger charge is -2.17. The molecule has 0 aromatic heterocycles. The van der Waals surface area contributed by atoms with Crippen LogP contribution in [0.15, 0.2) is 30.3 Å². The molecule has 22 heavy (non-hydrogen) atoms. The van der Waals surface area contributed by atoms with Gasteiger partial charge in [0, 0.05) is 13.1 Å². The quantitative estimate of drug-likeness (QED) is 0.835. The van der Waals surface area contributed by atoms with Crippen LogP contribution in [0.25, 0.3) is 0 Å². The van der Waals surface area contributed by atoms with E-state index in [2.05, 4.69) is 5.32 Å². The van der Waals surface area contributed by atoms with Crippen LogP contribution in [0.3, 0.4) is 0 Å². The number of nitrogens with zero attached hydrogens (tertiary/aromatic N) is 1. The molecule has 6 nitrogen and oxygen atoms in total. The average molecular weight is 302 g/mol. The van der Waals surface area contributed by atoms with Crippen LogP contribution in [0.2, 0.25) is 0 Å². The number of amides is 2. The second-order valence-corrected chi connectivity index (χ2v) is 5.88. The van der Waals surface area contributed by atoms with E-state index in [1.165, 1.54) is 0 Å². The van der Waals surface area contributed by atoms with Crippen molar-refractivity contribution in [3.8, 4) is 0 Å². The van der Waals surface area contributed by atoms with Crippen molar-refractivity contribution in [3.63, 3.8) is 0 Å². The van der Waals surface area contributed by atoms with Gasteiger partial charge in [-0.1, -0.05) is 30.3 Å². The van der Waals surface area contributed by atoms with Gasteiger partial charge in [-0.2, -0.15) is 0 Å². The molecular formula is C16H18N2O4. The molecule has 0 bridgehead atoms. The smallest absolute Gasteiger partial charge is 0.307 e. The Balaban J connectivity index is 1.53. The first-order valence-electron chi connectivity index (χ1n) is 7.42. The molecule has 6 heteroatoms. The van der Waals surface area contributed by atoms with E-state index in [9.17, 15) is 14.4 Å². The van der Waals surface area contributed by atoms with Gasteiger partial charge in [-0.3, -0.25) is 14.4 Å². The minimum absolute atomic E-state index is 0.0928. The Bertz CT molecular complexity index is 601. The monoisotopic (exact) mass is 302 g/mol. The predicted octanol–water partition coefficient (Wildman–Crippen LogP) is 0.624. The van der Waals surface area contributed by atoms with Crippen LogP contribution >= 0.6 is 0 Å². The molecule has 1 saturated heterocycles. The van der Waals surface area contributed by atoms with E-state index in [0.29, 0.717) is 25.9 Å². The van der Waals surface area contributed by atoms with Crippen LogP contribution in [0.5, 0.6) is 0 Å². The third-order valence-corrected chi connectivity index (χ3v) is 4.27. The fraction of sp³-hybridized carbons (Fsp3) is 0.438. The van der Waals surface area contributed by atoms with Crippen LogP contribution in [-0.4, -0.2) is 40.4 Å². The molecule has 116 valence electrons. The summed E-state index contributed by atoms with van der Waals surface area (Å²) >= 11 is 0. The van der Waals surface area contributed by atoms with E-state index in [1.54, 1.807) is 4.90 Å². The van der Waals surface area contributed by atoms with Crippen molar-refractivity contribution in [1.82, 2.24) is 10.2 Å². The van der Waals surface area contributed by atoms with Crippen molar-refractivity contribution >= 4 is 17.8 Å². The highest BCUT2D eigenvalue weighted by molar-refractivity contribution is 5.93. The van der Waals surface area contributed by atoms with E-state index < -0.39 is 23.8 Å². The maximum atomic E-state index is 12.3. The maximum Gasteiger partial charge on any atom is 0.307 e. The first-order valence-corrected chi connectivity index (χ1v) is 7.42. The highest BCUT2D eigenvalue weighted by atomic mass is 16.4. The summed E-state index contributed by atoms with van der Waals surface area (Å²) in [6.45, 7) is 1.14. The average Bonchev–Trinajstić information content (AvgIpc) is 3.25. The molecule has 2 fully saturated rings. The molecule has 0 spiro atoms. The number of likely N-dealkylation sites (tertiary alicyclic amines) is 1. The zero-order valence-corrected chi connectivity index (χ0v) is 12.1. The number of hydrogen-bond donors (Lipinski definition) is 2. The third-order valence-electron chi connectivity index (χ3n) is 4.27. The van der Waals surface area contributed by atoms with Crippen molar-refractivity contribution in [1.29, 1.82) is 0 Å². The van der Waals surface area contributed by atoms with Crippen molar-refractivity contribution in [2.24, 2.45) is 11.8 Å². The van der Waals surface area contributed by atoms with Crippen LogP contribution in [0.4, 0.5) is 0 Å². The Kier molecular flexibility index (Phi) is 3.83. The molecule has 3 unspecified atom stereocenters. The van der Waals surface area contributed by atoms with Gasteiger partial charge in [0.05, 0.1) is 11.8 Å². The van der Waals surface area contributed by atoms with Gasteiger partial charge in [-0.25, -0.2) is 0 Å². The molecule has 1 aromatic rings. The van der Waals surface area contributed by atoms with Gasteiger partial charge < -0.3 is 15.3 Å². The van der Waals surface area contributed by atoms with Gasteiger partial charge in [0.1, 0.15) is 6.04 Å². The van der Waals surface area contributed by atoms with E-state index in [-0.39, 0.29) is 11.8 Å². The first kappa shape index (κ1) is 14.6. The second kappa shape index (κ2) is 5.79. The summed E-state index contributed by atoms with van der Waals surface area (Å²) in [5.41, 5.74) is 1.05. The molecule has 3 atom stereocenters. The van der Waals surface area contributed by atoms with Crippen LogP contribution < -0.4 is 5.32 Å². The van der Waals surface area contributed by atoms with E-state index >= 15 is 0 Å². The van der Waals surface area contributed by atoms with E-state index in [0.717, 1.165) is 5.56 Å². The fourth-order valence-corrected chi connectivity index (χ4v) is 2.87.